The number of rotatable bonds is 9. The molecule has 0 spiro atoms. The van der Waals surface area contributed by atoms with Gasteiger partial charge >= 0.3 is 0 Å². The smallest absolute Gasteiger partial charge is 0.227 e. The van der Waals surface area contributed by atoms with Crippen LogP contribution in [0.15, 0.2) is 24.3 Å². The average Bonchev–Trinajstić information content (AvgIpc) is 3.32. The van der Waals surface area contributed by atoms with E-state index in [9.17, 15) is 9.90 Å². The zero-order valence-corrected chi connectivity index (χ0v) is 12.2. The molecule has 0 heterocycles. The van der Waals surface area contributed by atoms with Crippen molar-refractivity contribution < 1.29 is 15.0 Å². The highest BCUT2D eigenvalue weighted by Gasteiger charge is 2.29. The van der Waals surface area contributed by atoms with E-state index in [1.807, 2.05) is 24.3 Å². The summed E-state index contributed by atoms with van der Waals surface area (Å²) in [5.74, 6) is 0.289. The zero-order chi connectivity index (χ0) is 15.1. The molecule has 1 unspecified atom stereocenters. The minimum atomic E-state index is -0.514. The van der Waals surface area contributed by atoms with E-state index in [-0.39, 0.29) is 18.4 Å². The van der Waals surface area contributed by atoms with Gasteiger partial charge < -0.3 is 20.8 Å². The van der Waals surface area contributed by atoms with E-state index in [4.69, 9.17) is 5.11 Å². The van der Waals surface area contributed by atoms with Crippen molar-refractivity contribution in [3.05, 3.63) is 29.8 Å². The van der Waals surface area contributed by atoms with Crippen LogP contribution in [0.25, 0.3) is 0 Å². The molecular weight excluding hydrogens is 268 g/mol. The summed E-state index contributed by atoms with van der Waals surface area (Å²) in [5.41, 5.74) is 1.63. The van der Waals surface area contributed by atoms with Crippen molar-refractivity contribution in [1.82, 2.24) is 5.32 Å². The van der Waals surface area contributed by atoms with Crippen LogP contribution in [0.4, 0.5) is 5.69 Å². The zero-order valence-electron chi connectivity index (χ0n) is 12.2. The van der Waals surface area contributed by atoms with Crippen molar-refractivity contribution in [1.29, 1.82) is 0 Å². The van der Waals surface area contributed by atoms with Gasteiger partial charge in [-0.1, -0.05) is 12.1 Å². The molecular formula is C16H24N2O3. The van der Waals surface area contributed by atoms with Crippen LogP contribution in [0.2, 0.25) is 0 Å². The van der Waals surface area contributed by atoms with Gasteiger partial charge in [-0.15, -0.1) is 0 Å². The van der Waals surface area contributed by atoms with Gasteiger partial charge in [0.1, 0.15) is 0 Å². The number of carbonyl (C=O) groups excluding carboxylic acids is 1. The Hall–Kier alpha value is -1.43. The number of benzene rings is 1. The summed E-state index contributed by atoms with van der Waals surface area (Å²) in [7, 11) is 0. The first-order valence-corrected chi connectivity index (χ1v) is 7.61. The molecule has 1 aliphatic carbocycles. The Bertz CT molecular complexity index is 443. The average molecular weight is 292 g/mol. The third-order valence-corrected chi connectivity index (χ3v) is 3.62. The fraction of sp³-hybridized carbons (Fsp3) is 0.562. The molecule has 1 amide bonds. The molecule has 1 aromatic carbocycles. The molecule has 0 aliphatic heterocycles. The first-order valence-electron chi connectivity index (χ1n) is 7.61. The molecule has 5 nitrogen and oxygen atoms in total. The topological polar surface area (TPSA) is 81.6 Å². The van der Waals surface area contributed by atoms with Gasteiger partial charge in [0.2, 0.25) is 5.91 Å². The molecule has 1 saturated carbocycles. The lowest BCUT2D eigenvalue weighted by Gasteiger charge is -2.12. The van der Waals surface area contributed by atoms with E-state index in [0.717, 1.165) is 37.1 Å². The Morgan fingerprint density at radius 3 is 2.57 bits per heavy atom. The number of anilines is 1. The van der Waals surface area contributed by atoms with Gasteiger partial charge in [0, 0.05) is 18.2 Å². The Balaban J connectivity index is 1.73. The predicted octanol–water partition coefficient (Wildman–Crippen LogP) is 1.43. The van der Waals surface area contributed by atoms with E-state index in [1.165, 1.54) is 0 Å². The normalized spacial score (nSPS) is 15.7. The Morgan fingerprint density at radius 2 is 1.95 bits per heavy atom. The highest BCUT2D eigenvalue weighted by molar-refractivity contribution is 5.93. The molecule has 4 N–H and O–H groups in total. The number of nitrogens with one attached hydrogen (secondary N) is 2. The molecule has 0 aromatic heterocycles. The van der Waals surface area contributed by atoms with E-state index in [0.29, 0.717) is 13.0 Å². The first-order chi connectivity index (χ1) is 10.2. The van der Waals surface area contributed by atoms with Gasteiger partial charge in [0.15, 0.2) is 0 Å². The molecule has 1 fully saturated rings. The maximum absolute atomic E-state index is 11.6. The van der Waals surface area contributed by atoms with Crippen LogP contribution < -0.4 is 10.6 Å². The van der Waals surface area contributed by atoms with Crippen LogP contribution in [0.1, 0.15) is 37.4 Å². The minimum Gasteiger partial charge on any atom is -0.396 e. The van der Waals surface area contributed by atoms with E-state index in [2.05, 4.69) is 10.6 Å². The van der Waals surface area contributed by atoms with Gasteiger partial charge in [0.25, 0.3) is 0 Å². The SMILES string of the molecule is O=C(Nc1ccc(C(O)CCNCCCO)cc1)C1CC1. The molecule has 0 radical (unpaired) electrons. The maximum Gasteiger partial charge on any atom is 0.227 e. The molecule has 1 atom stereocenters. The van der Waals surface area contributed by atoms with Crippen molar-refractivity contribution in [3.63, 3.8) is 0 Å². The third-order valence-electron chi connectivity index (χ3n) is 3.62. The molecule has 1 aromatic rings. The molecule has 21 heavy (non-hydrogen) atoms. The van der Waals surface area contributed by atoms with Crippen LogP contribution in [-0.2, 0) is 4.79 Å². The fourth-order valence-corrected chi connectivity index (χ4v) is 2.11. The highest BCUT2D eigenvalue weighted by Crippen LogP contribution is 2.30. The molecule has 0 bridgehead atoms. The predicted molar refractivity (Wildman–Crippen MR) is 81.9 cm³/mol. The van der Waals surface area contributed by atoms with Crippen molar-refractivity contribution in [3.8, 4) is 0 Å². The van der Waals surface area contributed by atoms with Gasteiger partial charge in [-0.05, 0) is 56.5 Å². The van der Waals surface area contributed by atoms with Gasteiger partial charge in [-0.2, -0.15) is 0 Å². The molecule has 1 aliphatic rings. The lowest BCUT2D eigenvalue weighted by molar-refractivity contribution is -0.117. The van der Waals surface area contributed by atoms with E-state index < -0.39 is 6.10 Å². The summed E-state index contributed by atoms with van der Waals surface area (Å²) >= 11 is 0. The molecule has 2 rings (SSSR count). The highest BCUT2D eigenvalue weighted by atomic mass is 16.3. The fourth-order valence-electron chi connectivity index (χ4n) is 2.11. The first kappa shape index (κ1) is 15.9. The Morgan fingerprint density at radius 1 is 1.24 bits per heavy atom. The largest absolute Gasteiger partial charge is 0.396 e. The second-order valence-electron chi connectivity index (χ2n) is 5.52. The van der Waals surface area contributed by atoms with Crippen molar-refractivity contribution in [2.24, 2.45) is 5.92 Å². The second kappa shape index (κ2) is 8.12. The summed E-state index contributed by atoms with van der Waals surface area (Å²) in [5, 5.41) is 24.8. The quantitative estimate of drug-likeness (QED) is 0.519. The minimum absolute atomic E-state index is 0.0939. The van der Waals surface area contributed by atoms with Gasteiger partial charge in [0.05, 0.1) is 6.10 Å². The third kappa shape index (κ3) is 5.46. The lowest BCUT2D eigenvalue weighted by atomic mass is 10.1. The summed E-state index contributed by atoms with van der Waals surface area (Å²) in [6.07, 6.45) is 2.82. The van der Waals surface area contributed by atoms with Gasteiger partial charge in [-0.3, -0.25) is 4.79 Å². The lowest BCUT2D eigenvalue weighted by Crippen LogP contribution is -2.19. The van der Waals surface area contributed by atoms with E-state index in [1.54, 1.807) is 0 Å². The van der Waals surface area contributed by atoms with Crippen LogP contribution in [0.3, 0.4) is 0 Å². The van der Waals surface area contributed by atoms with Crippen LogP contribution in [0.5, 0.6) is 0 Å². The summed E-state index contributed by atoms with van der Waals surface area (Å²) < 4.78 is 0. The number of aliphatic hydroxyl groups excluding tert-OH is 2. The molecule has 5 heteroatoms. The van der Waals surface area contributed by atoms with Crippen molar-refractivity contribution in [2.75, 3.05) is 25.0 Å². The number of carbonyl (C=O) groups is 1. The number of hydrogen-bond acceptors (Lipinski definition) is 4. The number of aliphatic hydroxyl groups is 2. The Kier molecular flexibility index (Phi) is 6.17. The Labute approximate surface area is 125 Å². The second-order valence-corrected chi connectivity index (χ2v) is 5.52. The van der Waals surface area contributed by atoms with Crippen molar-refractivity contribution in [2.45, 2.75) is 31.8 Å². The summed E-state index contributed by atoms with van der Waals surface area (Å²) in [4.78, 5) is 11.6. The number of hydrogen-bond donors (Lipinski definition) is 4. The van der Waals surface area contributed by atoms with Gasteiger partial charge in [-0.25, -0.2) is 0 Å². The summed E-state index contributed by atoms with van der Waals surface area (Å²) in [6, 6.07) is 7.36. The van der Waals surface area contributed by atoms with E-state index >= 15 is 0 Å². The molecule has 0 saturated heterocycles. The molecule has 116 valence electrons. The number of amides is 1. The van der Waals surface area contributed by atoms with Crippen molar-refractivity contribution >= 4 is 11.6 Å². The maximum atomic E-state index is 11.6. The van der Waals surface area contributed by atoms with Crippen LogP contribution in [0, 0.1) is 5.92 Å². The van der Waals surface area contributed by atoms with Crippen LogP contribution in [-0.4, -0.2) is 35.8 Å². The van der Waals surface area contributed by atoms with Crippen LogP contribution >= 0.6 is 0 Å². The monoisotopic (exact) mass is 292 g/mol. The standard InChI is InChI=1S/C16H24N2O3/c19-11-1-9-17-10-8-15(20)12-4-6-14(7-5-12)18-16(21)13-2-3-13/h4-7,13,15,17,19-20H,1-3,8-11H2,(H,18,21). The summed E-state index contributed by atoms with van der Waals surface area (Å²) in [6.45, 7) is 1.65.